The molecule has 0 spiro atoms. The second-order valence-electron chi connectivity index (χ2n) is 26.1. The molecular weight excluding hydrogens is 1180 g/mol. The molecule has 25 heteroatoms. The van der Waals surface area contributed by atoms with Gasteiger partial charge in [-0.05, 0) is 90.7 Å². The van der Waals surface area contributed by atoms with Gasteiger partial charge in [-0.1, -0.05) is 48.9 Å². The van der Waals surface area contributed by atoms with Gasteiger partial charge in [-0.2, -0.15) is 0 Å². The number of allylic oxidation sites excluding steroid dienone is 1. The van der Waals surface area contributed by atoms with Gasteiger partial charge in [0, 0.05) is 78.8 Å². The van der Waals surface area contributed by atoms with E-state index in [2.05, 4.69) is 0 Å². The molecule has 6 N–H and O–H groups in total. The fourth-order valence-corrected chi connectivity index (χ4v) is 15.1. The number of aliphatic hydroxyl groups excluding tert-OH is 5. The van der Waals surface area contributed by atoms with Crippen molar-refractivity contribution in [3.63, 3.8) is 0 Å². The number of carbonyl (C=O) groups is 4. The number of Topliss-reactive ketones (excluding diaryl/α,β-unsaturated/α-hetero) is 2. The lowest BCUT2D eigenvalue weighted by atomic mass is 9.56. The second kappa shape index (κ2) is 29.9. The smallest absolute Gasteiger partial charge is 0.331 e. The number of esters is 2. The van der Waals surface area contributed by atoms with Crippen molar-refractivity contribution < 1.29 is 121 Å². The molecule has 28 atom stereocenters. The normalized spacial score (nSPS) is 44.1. The van der Waals surface area contributed by atoms with Crippen LogP contribution in [-0.2, 0) is 90.2 Å². The van der Waals surface area contributed by atoms with Gasteiger partial charge in [0.05, 0.1) is 67.0 Å². The minimum atomic E-state index is -1.92. The number of ether oxygens (including phenoxy) is 15. The first-order valence-corrected chi connectivity index (χ1v) is 31.8. The van der Waals surface area contributed by atoms with Crippen LogP contribution < -0.4 is 0 Å². The van der Waals surface area contributed by atoms with Crippen molar-refractivity contribution >= 4 is 29.6 Å². The summed E-state index contributed by atoms with van der Waals surface area (Å²) in [6.45, 7) is 12.9. The average molecular weight is 1280 g/mol. The van der Waals surface area contributed by atoms with Crippen molar-refractivity contribution in [2.75, 3.05) is 27.9 Å². The molecule has 25 nitrogen and oxygen atoms in total. The average Bonchev–Trinajstić information content (AvgIpc) is 1.47. The third-order valence-corrected chi connectivity index (χ3v) is 20.5. The maximum absolute atomic E-state index is 14.2. The zero-order chi connectivity index (χ0) is 65.1. The van der Waals surface area contributed by atoms with Gasteiger partial charge in [0.15, 0.2) is 31.5 Å². The molecule has 7 fully saturated rings. The van der Waals surface area contributed by atoms with Gasteiger partial charge < -0.3 is 102 Å². The number of fused-ring (bicyclic) bond motifs is 1. The number of carbonyl (C=O) groups excluding carboxylic acids is 4. The van der Waals surface area contributed by atoms with Crippen molar-refractivity contribution in [3.8, 4) is 0 Å². The van der Waals surface area contributed by atoms with Crippen LogP contribution in [0.4, 0.5) is 0 Å². The summed E-state index contributed by atoms with van der Waals surface area (Å²) in [5.41, 5.74) is -2.69. The van der Waals surface area contributed by atoms with E-state index in [9.17, 15) is 49.8 Å². The molecular formula is C65H96O25. The number of hydrogen-bond donors (Lipinski definition) is 6. The predicted octanol–water partition coefficient (Wildman–Crippen LogP) is 3.43. The molecule has 0 bridgehead atoms. The summed E-state index contributed by atoms with van der Waals surface area (Å²) in [5.74, 6) is -2.59. The summed E-state index contributed by atoms with van der Waals surface area (Å²) in [5, 5.41) is 65.0. The van der Waals surface area contributed by atoms with Crippen LogP contribution in [-0.4, -0.2) is 235 Å². The number of methoxy groups -OCH3 is 3. The van der Waals surface area contributed by atoms with E-state index in [1.165, 1.54) is 27.0 Å². The molecule has 3 aliphatic carbocycles. The molecule has 2 saturated carbocycles. The van der Waals surface area contributed by atoms with Crippen LogP contribution in [0.2, 0.25) is 0 Å². The van der Waals surface area contributed by atoms with E-state index in [4.69, 9.17) is 71.1 Å². The van der Waals surface area contributed by atoms with Gasteiger partial charge in [0.25, 0.3) is 0 Å². The van der Waals surface area contributed by atoms with E-state index in [0.717, 1.165) is 11.1 Å². The molecule has 0 radical (unpaired) electrons. The highest BCUT2D eigenvalue weighted by Crippen LogP contribution is 2.56. The monoisotopic (exact) mass is 1280 g/mol. The third kappa shape index (κ3) is 15.0. The fourth-order valence-electron chi connectivity index (χ4n) is 15.1. The Morgan fingerprint density at radius 2 is 1.22 bits per heavy atom. The molecule has 8 aliphatic rings. The Labute approximate surface area is 526 Å². The van der Waals surface area contributed by atoms with Crippen LogP contribution >= 0.6 is 0 Å². The van der Waals surface area contributed by atoms with Gasteiger partial charge in [-0.15, -0.1) is 0 Å². The predicted molar refractivity (Wildman–Crippen MR) is 314 cm³/mol. The first-order valence-electron chi connectivity index (χ1n) is 31.8. The molecule has 5 heterocycles. The topological polar surface area (TPSA) is 328 Å². The highest BCUT2D eigenvalue weighted by Gasteiger charge is 2.66. The third-order valence-electron chi connectivity index (χ3n) is 20.5. The molecule has 90 heavy (non-hydrogen) atoms. The zero-order valence-electron chi connectivity index (χ0n) is 53.5. The first kappa shape index (κ1) is 70.5. The summed E-state index contributed by atoms with van der Waals surface area (Å²) < 4.78 is 92.9. The number of benzene rings is 1. The first-order chi connectivity index (χ1) is 42.7. The van der Waals surface area contributed by atoms with Crippen molar-refractivity contribution in [1.82, 2.24) is 0 Å². The van der Waals surface area contributed by atoms with Gasteiger partial charge in [0.1, 0.15) is 78.2 Å². The van der Waals surface area contributed by atoms with Crippen molar-refractivity contribution in [2.24, 2.45) is 16.7 Å². The quantitative estimate of drug-likeness (QED) is 0.0550. The summed E-state index contributed by atoms with van der Waals surface area (Å²) in [6.07, 6.45) is -14.1. The summed E-state index contributed by atoms with van der Waals surface area (Å²) >= 11 is 0. The van der Waals surface area contributed by atoms with Crippen LogP contribution in [0, 0.1) is 16.7 Å². The van der Waals surface area contributed by atoms with E-state index in [1.54, 1.807) is 41.1 Å². The van der Waals surface area contributed by atoms with Crippen molar-refractivity contribution in [1.29, 1.82) is 0 Å². The number of ketones is 2. The lowest BCUT2D eigenvalue weighted by Crippen LogP contribution is -2.62. The molecule has 5 saturated heterocycles. The van der Waals surface area contributed by atoms with Crippen LogP contribution in [0.15, 0.2) is 48.1 Å². The fraction of sp³-hybridized carbons (Fsp3) is 0.785. The zero-order valence-corrected chi connectivity index (χ0v) is 53.5. The summed E-state index contributed by atoms with van der Waals surface area (Å²) in [6, 6.07) is 9.13. The van der Waals surface area contributed by atoms with Gasteiger partial charge in [-0.25, -0.2) is 4.79 Å². The SMILES string of the molecule is CO[C@H]1C[C@H](O[C@@H]2[C@@H](C)O[C@@H](O[C@H]3[C@@H](O)C[C@H](O[C@H]4CC[C@@]5(C)C(=CCC(=O)[C@H]5C[C@@H](OC(=O)C=Cc5ccccc5)[C@@]5(C)C(=O)CC[C@@]5(O)C(C)OC(C)=O)C4)O[C@@H]3C)C[C@H]2OC)O[C@H](C)[C@H]1O[C@H]1C[C@H](OC)[C@H](O[C@@H]2O[C@H](CO)[C@@H](O)[C@H](O)[C@H]2O)[C@@H](C)O1. The lowest BCUT2D eigenvalue weighted by molar-refractivity contribution is -0.358. The van der Waals surface area contributed by atoms with Crippen LogP contribution in [0.5, 0.6) is 0 Å². The van der Waals surface area contributed by atoms with E-state index in [-0.39, 0.29) is 69.0 Å². The molecule has 506 valence electrons. The largest absolute Gasteiger partial charge is 0.460 e. The van der Waals surface area contributed by atoms with E-state index in [1.807, 2.05) is 57.2 Å². The maximum atomic E-state index is 14.2. The molecule has 5 aliphatic heterocycles. The molecule has 1 aromatic carbocycles. The van der Waals surface area contributed by atoms with Crippen LogP contribution in [0.1, 0.15) is 132 Å². The number of hydrogen-bond acceptors (Lipinski definition) is 25. The minimum absolute atomic E-state index is 0.0411. The Morgan fingerprint density at radius 1 is 0.689 bits per heavy atom. The Morgan fingerprint density at radius 3 is 1.76 bits per heavy atom. The Balaban J connectivity index is 0.767. The van der Waals surface area contributed by atoms with Crippen LogP contribution in [0.3, 0.4) is 0 Å². The van der Waals surface area contributed by atoms with Gasteiger partial charge >= 0.3 is 11.9 Å². The number of rotatable bonds is 22. The highest BCUT2D eigenvalue weighted by molar-refractivity contribution is 5.92. The standard InChI is InChI=1S/C65H96O25/c1-32-58(87-52-28-44(76-9)59(33(2)80-52)88-53-29-45(77-10)60(34(3)81-53)89-54-30-46(78-11)61(35(4)82-54)90-62-57(74)56(73)55(72)47(31-66)85-62)43(69)27-51(79-32)84-40-21-23-63(7)39(25-40)18-19-42(68)41(63)26-49(86-50(71)20-17-38-15-13-12-14-16-38)64(8)48(70)22-24-65(64,75)36(5)83-37(6)67/h12-18,20,32-36,40-41,43-47,49,51-62,66,69,72-75H,19,21-31H2,1-11H3/t32-,33-,34-,35-,36?,40+,41-,43+,44-,45+,46+,47-,49-,51+,52+,53+,54+,55-,56+,57-,58-,59-,60-,61-,62+,63+,64-,65-/m1/s1. The summed E-state index contributed by atoms with van der Waals surface area (Å²) in [4.78, 5) is 54.3. The Kier molecular flexibility index (Phi) is 23.4. The second-order valence-corrected chi connectivity index (χ2v) is 26.1. The van der Waals surface area contributed by atoms with Gasteiger partial charge in [0.2, 0.25) is 0 Å². The summed E-state index contributed by atoms with van der Waals surface area (Å²) in [7, 11) is 4.65. The van der Waals surface area contributed by atoms with E-state index >= 15 is 0 Å². The number of aliphatic hydroxyl groups is 6. The molecule has 1 aromatic rings. The lowest BCUT2D eigenvalue weighted by Gasteiger charge is -2.51. The van der Waals surface area contributed by atoms with E-state index in [0.29, 0.717) is 19.3 Å². The Bertz CT molecular complexity index is 2630. The van der Waals surface area contributed by atoms with Crippen LogP contribution in [0.25, 0.3) is 6.08 Å². The van der Waals surface area contributed by atoms with Crippen molar-refractivity contribution in [2.45, 2.75) is 279 Å². The molecule has 0 aromatic heterocycles. The Hall–Kier alpha value is -3.78. The minimum Gasteiger partial charge on any atom is -0.460 e. The van der Waals surface area contributed by atoms with Gasteiger partial charge in [-0.3, -0.25) is 14.4 Å². The van der Waals surface area contributed by atoms with E-state index < -0.39 is 182 Å². The maximum Gasteiger partial charge on any atom is 0.331 e. The van der Waals surface area contributed by atoms with Crippen molar-refractivity contribution in [3.05, 3.63) is 53.6 Å². The highest BCUT2D eigenvalue weighted by atomic mass is 16.8. The molecule has 0 amide bonds. The molecule has 9 rings (SSSR count). The molecule has 1 unspecified atom stereocenters.